The summed E-state index contributed by atoms with van der Waals surface area (Å²) < 4.78 is 0. The van der Waals surface area contributed by atoms with Crippen LogP contribution in [-0.4, -0.2) is 31.6 Å². The van der Waals surface area contributed by atoms with Gasteiger partial charge in [0.15, 0.2) is 0 Å². The number of rotatable bonds is 6. The van der Waals surface area contributed by atoms with Crippen molar-refractivity contribution in [2.24, 2.45) is 0 Å². The molecule has 0 heterocycles. The van der Waals surface area contributed by atoms with Crippen molar-refractivity contribution in [3.63, 3.8) is 0 Å². The van der Waals surface area contributed by atoms with E-state index in [1.54, 1.807) is 0 Å². The average molecular weight is 422 g/mol. The van der Waals surface area contributed by atoms with E-state index in [0.29, 0.717) is 0 Å². The Balaban J connectivity index is 2.34. The first kappa shape index (κ1) is 21.3. The first-order valence-electron chi connectivity index (χ1n) is 7.33. The van der Waals surface area contributed by atoms with Crippen LogP contribution in [0.5, 0.6) is 0 Å². The SMILES string of the molecule is O=C(OOC(=O)c1cccc([N+](=O)[O-])c1[N+](=O)[O-])c1cccc([N+](=O)[O-])c1[N+](=O)[O-]. The number of nitro groups is 4. The van der Waals surface area contributed by atoms with Crippen LogP contribution in [0.1, 0.15) is 20.7 Å². The summed E-state index contributed by atoms with van der Waals surface area (Å²) in [6.45, 7) is 0. The second-order valence-corrected chi connectivity index (χ2v) is 5.12. The molecule has 154 valence electrons. The van der Waals surface area contributed by atoms with Crippen LogP contribution in [0.4, 0.5) is 22.7 Å². The summed E-state index contributed by atoms with van der Waals surface area (Å²) >= 11 is 0. The summed E-state index contributed by atoms with van der Waals surface area (Å²) in [5, 5.41) is 43.9. The van der Waals surface area contributed by atoms with Gasteiger partial charge in [0, 0.05) is 12.1 Å². The van der Waals surface area contributed by atoms with E-state index < -0.39 is 65.5 Å². The van der Waals surface area contributed by atoms with Crippen molar-refractivity contribution in [2.45, 2.75) is 0 Å². The number of nitro benzene ring substituents is 4. The molecule has 0 fully saturated rings. The van der Waals surface area contributed by atoms with E-state index in [9.17, 15) is 50.0 Å². The Kier molecular flexibility index (Phi) is 5.91. The molecule has 0 aliphatic heterocycles. The van der Waals surface area contributed by atoms with Crippen molar-refractivity contribution >= 4 is 34.7 Å². The normalized spacial score (nSPS) is 10.0. The molecule has 2 aromatic rings. The summed E-state index contributed by atoms with van der Waals surface area (Å²) in [5.74, 6) is -3.40. The molecule has 30 heavy (non-hydrogen) atoms. The fourth-order valence-corrected chi connectivity index (χ4v) is 2.24. The number of nitrogens with zero attached hydrogens (tertiary/aromatic N) is 4. The Bertz CT molecular complexity index is 1020. The molecule has 0 atom stereocenters. The molecule has 0 saturated heterocycles. The molecule has 16 nitrogen and oxygen atoms in total. The van der Waals surface area contributed by atoms with Crippen LogP contribution >= 0.6 is 0 Å². The zero-order valence-corrected chi connectivity index (χ0v) is 14.2. The lowest BCUT2D eigenvalue weighted by atomic mass is 10.1. The molecular formula is C14H6N4O12. The molecule has 0 unspecified atom stereocenters. The van der Waals surface area contributed by atoms with Crippen LogP contribution in [0.3, 0.4) is 0 Å². The molecule has 0 bridgehead atoms. The van der Waals surface area contributed by atoms with Crippen molar-refractivity contribution in [2.75, 3.05) is 0 Å². The number of para-hydroxylation sites is 2. The van der Waals surface area contributed by atoms with Gasteiger partial charge in [0.2, 0.25) is 0 Å². The highest BCUT2D eigenvalue weighted by Gasteiger charge is 2.35. The van der Waals surface area contributed by atoms with E-state index in [1.165, 1.54) is 0 Å². The lowest BCUT2D eigenvalue weighted by molar-refractivity contribution is -0.422. The highest BCUT2D eigenvalue weighted by Crippen LogP contribution is 2.32. The number of carbonyl (C=O) groups is 2. The van der Waals surface area contributed by atoms with Crippen molar-refractivity contribution in [3.8, 4) is 0 Å². The fraction of sp³-hybridized carbons (Fsp3) is 0. The maximum absolute atomic E-state index is 12.0. The third-order valence-electron chi connectivity index (χ3n) is 3.42. The molecule has 0 aliphatic rings. The maximum Gasteiger partial charge on any atom is 0.393 e. The van der Waals surface area contributed by atoms with Gasteiger partial charge in [-0.3, -0.25) is 40.5 Å². The van der Waals surface area contributed by atoms with Gasteiger partial charge >= 0.3 is 34.7 Å². The molecule has 0 aliphatic carbocycles. The molecule has 0 aromatic heterocycles. The zero-order valence-electron chi connectivity index (χ0n) is 14.2. The highest BCUT2D eigenvalue weighted by molar-refractivity contribution is 5.98. The highest BCUT2D eigenvalue weighted by atomic mass is 17.2. The van der Waals surface area contributed by atoms with Gasteiger partial charge < -0.3 is 0 Å². The fourth-order valence-electron chi connectivity index (χ4n) is 2.24. The van der Waals surface area contributed by atoms with Crippen LogP contribution < -0.4 is 0 Å². The summed E-state index contributed by atoms with van der Waals surface area (Å²) in [7, 11) is 0. The molecule has 2 aromatic carbocycles. The third-order valence-corrected chi connectivity index (χ3v) is 3.42. The van der Waals surface area contributed by atoms with Crippen LogP contribution in [-0.2, 0) is 9.78 Å². The molecule has 2 rings (SSSR count). The third kappa shape index (κ3) is 4.11. The molecular weight excluding hydrogens is 416 g/mol. The zero-order chi connectivity index (χ0) is 22.6. The first-order chi connectivity index (χ1) is 14.1. The van der Waals surface area contributed by atoms with Crippen molar-refractivity contribution in [3.05, 3.63) is 88.0 Å². The number of hydrogen-bond donors (Lipinski definition) is 0. The number of hydrogen-bond acceptors (Lipinski definition) is 12. The Labute approximate surface area is 162 Å². The Hall–Kier alpha value is -5.02. The van der Waals surface area contributed by atoms with Gasteiger partial charge in [-0.05, 0) is 12.1 Å². The quantitative estimate of drug-likeness (QED) is 0.371. The standard InChI is InChI=1S/C14H6N4O12/c19-13(7-3-1-5-9(15(21)22)11(7)17(25)26)29-30-14(20)8-4-2-6-10(16(23)24)12(8)18(27)28/h1-6H. The summed E-state index contributed by atoms with van der Waals surface area (Å²) in [5.41, 5.74) is -6.48. The van der Waals surface area contributed by atoms with E-state index in [4.69, 9.17) is 0 Å². The van der Waals surface area contributed by atoms with Gasteiger partial charge in [-0.1, -0.05) is 12.1 Å². The minimum Gasteiger partial charge on any atom is -0.258 e. The van der Waals surface area contributed by atoms with Gasteiger partial charge in [0.05, 0.1) is 19.7 Å². The first-order valence-corrected chi connectivity index (χ1v) is 7.33. The minimum absolute atomic E-state index is 0.743. The second kappa shape index (κ2) is 8.33. The molecule has 0 N–H and O–H groups in total. The van der Waals surface area contributed by atoms with Crippen LogP contribution in [0.25, 0.3) is 0 Å². The van der Waals surface area contributed by atoms with Gasteiger partial charge in [-0.25, -0.2) is 19.4 Å². The van der Waals surface area contributed by atoms with Crippen molar-refractivity contribution < 1.29 is 39.1 Å². The molecule has 0 spiro atoms. The van der Waals surface area contributed by atoms with E-state index in [1.807, 2.05) is 0 Å². The smallest absolute Gasteiger partial charge is 0.258 e. The Morgan fingerprint density at radius 3 is 1.20 bits per heavy atom. The van der Waals surface area contributed by atoms with Gasteiger partial charge in [0.1, 0.15) is 11.1 Å². The van der Waals surface area contributed by atoms with E-state index in [-0.39, 0.29) is 0 Å². The van der Waals surface area contributed by atoms with Crippen molar-refractivity contribution in [1.82, 2.24) is 0 Å². The number of carbonyl (C=O) groups excluding carboxylic acids is 2. The summed E-state index contributed by atoms with van der Waals surface area (Å²) in [6.07, 6.45) is 0. The van der Waals surface area contributed by atoms with Crippen LogP contribution in [0.2, 0.25) is 0 Å². The Morgan fingerprint density at radius 2 is 0.933 bits per heavy atom. The summed E-state index contributed by atoms with van der Waals surface area (Å²) in [4.78, 5) is 71.4. The maximum atomic E-state index is 12.0. The van der Waals surface area contributed by atoms with Crippen molar-refractivity contribution in [1.29, 1.82) is 0 Å². The van der Waals surface area contributed by atoms with E-state index >= 15 is 0 Å². The van der Waals surface area contributed by atoms with E-state index in [2.05, 4.69) is 9.78 Å². The summed E-state index contributed by atoms with van der Waals surface area (Å²) in [6, 6.07) is 4.89. The lowest BCUT2D eigenvalue weighted by Crippen LogP contribution is -2.15. The molecule has 0 amide bonds. The molecule has 0 radical (unpaired) electrons. The van der Waals surface area contributed by atoms with Gasteiger partial charge in [-0.15, -0.1) is 0 Å². The number of benzene rings is 2. The predicted octanol–water partition coefficient (Wildman–Crippen LogP) is 2.25. The van der Waals surface area contributed by atoms with E-state index in [0.717, 1.165) is 36.4 Å². The molecule has 16 heteroatoms. The van der Waals surface area contributed by atoms with Crippen LogP contribution in [0, 0.1) is 40.5 Å². The second-order valence-electron chi connectivity index (χ2n) is 5.12. The molecule has 0 saturated carbocycles. The topological polar surface area (TPSA) is 225 Å². The van der Waals surface area contributed by atoms with Gasteiger partial charge in [-0.2, -0.15) is 0 Å². The van der Waals surface area contributed by atoms with Crippen LogP contribution in [0.15, 0.2) is 36.4 Å². The largest absolute Gasteiger partial charge is 0.393 e. The Morgan fingerprint density at radius 1 is 0.600 bits per heavy atom. The van der Waals surface area contributed by atoms with Gasteiger partial charge in [0.25, 0.3) is 0 Å². The minimum atomic E-state index is -1.70. The average Bonchev–Trinajstić information content (AvgIpc) is 2.70. The monoisotopic (exact) mass is 422 g/mol. The predicted molar refractivity (Wildman–Crippen MR) is 90.3 cm³/mol. The lowest BCUT2D eigenvalue weighted by Gasteiger charge is -2.05.